The van der Waals surface area contributed by atoms with Crippen molar-refractivity contribution in [2.45, 2.75) is 0 Å². The summed E-state index contributed by atoms with van der Waals surface area (Å²) in [5, 5.41) is 4.71. The first-order chi connectivity index (χ1) is 9.78. The van der Waals surface area contributed by atoms with Gasteiger partial charge in [0, 0.05) is 33.2 Å². The molecule has 1 saturated heterocycles. The molecule has 2 aromatic rings. The van der Waals surface area contributed by atoms with Crippen molar-refractivity contribution in [1.82, 2.24) is 20.2 Å². The molecule has 7 heteroatoms. The summed E-state index contributed by atoms with van der Waals surface area (Å²) >= 11 is 1.68. The lowest BCUT2D eigenvalue weighted by Gasteiger charge is -2.34. The highest BCUT2D eigenvalue weighted by atomic mass is 32.1. The maximum absolute atomic E-state index is 11.4. The third-order valence-corrected chi connectivity index (χ3v) is 4.44. The molecule has 20 heavy (non-hydrogen) atoms. The second-order valence-electron chi connectivity index (χ2n) is 4.77. The number of likely N-dealkylation sites (N-methyl/N-ethyl adjacent to an activating group) is 1. The number of nitrogens with one attached hydrogen (secondary N) is 1. The van der Waals surface area contributed by atoms with Crippen LogP contribution in [0, 0.1) is 0 Å². The number of hydrogen-bond donors (Lipinski definition) is 1. The Kier molecular flexibility index (Phi) is 3.79. The van der Waals surface area contributed by atoms with Gasteiger partial charge in [0.25, 0.3) is 0 Å². The van der Waals surface area contributed by atoms with Crippen LogP contribution in [0.1, 0.15) is 0 Å². The highest BCUT2D eigenvalue weighted by molar-refractivity contribution is 7.17. The Labute approximate surface area is 121 Å². The van der Waals surface area contributed by atoms with Crippen LogP contribution in [-0.4, -0.2) is 60.5 Å². The largest absolute Gasteiger partial charge is 0.358 e. The van der Waals surface area contributed by atoms with E-state index in [0.717, 1.165) is 42.2 Å². The van der Waals surface area contributed by atoms with Gasteiger partial charge in [0.15, 0.2) is 0 Å². The van der Waals surface area contributed by atoms with Gasteiger partial charge in [0.1, 0.15) is 12.1 Å². The number of carbonyl (C=O) groups is 1. The molecule has 0 bridgehead atoms. The van der Waals surface area contributed by atoms with Crippen molar-refractivity contribution in [3.05, 3.63) is 17.8 Å². The fourth-order valence-electron chi connectivity index (χ4n) is 2.40. The van der Waals surface area contributed by atoms with Gasteiger partial charge in [-0.2, -0.15) is 0 Å². The lowest BCUT2D eigenvalue weighted by atomic mass is 10.3. The molecular weight excluding hydrogens is 274 g/mol. The van der Waals surface area contributed by atoms with E-state index in [4.69, 9.17) is 0 Å². The topological polar surface area (TPSA) is 61.4 Å². The zero-order chi connectivity index (χ0) is 13.9. The average Bonchev–Trinajstić information content (AvgIpc) is 2.96. The van der Waals surface area contributed by atoms with E-state index < -0.39 is 0 Å². The minimum Gasteiger partial charge on any atom is -0.358 e. The highest BCUT2D eigenvalue weighted by Gasteiger charge is 2.21. The van der Waals surface area contributed by atoms with E-state index in [1.54, 1.807) is 24.7 Å². The third kappa shape index (κ3) is 2.59. The summed E-state index contributed by atoms with van der Waals surface area (Å²) in [5.74, 6) is 1.09. The minimum absolute atomic E-state index is 0.0705. The second-order valence-corrected chi connectivity index (χ2v) is 5.68. The van der Waals surface area contributed by atoms with Crippen molar-refractivity contribution in [3.63, 3.8) is 0 Å². The summed E-state index contributed by atoms with van der Waals surface area (Å²) in [6.07, 6.45) is 1.63. The van der Waals surface area contributed by atoms with Crippen LogP contribution in [0.3, 0.4) is 0 Å². The van der Waals surface area contributed by atoms with Gasteiger partial charge in [0.05, 0.1) is 16.8 Å². The monoisotopic (exact) mass is 291 g/mol. The van der Waals surface area contributed by atoms with Gasteiger partial charge < -0.3 is 10.2 Å². The number of nitrogens with zero attached hydrogens (tertiary/aromatic N) is 4. The summed E-state index contributed by atoms with van der Waals surface area (Å²) in [4.78, 5) is 24.5. The van der Waals surface area contributed by atoms with Crippen molar-refractivity contribution in [2.24, 2.45) is 0 Å². The molecule has 1 aliphatic rings. The van der Waals surface area contributed by atoms with E-state index in [0.29, 0.717) is 6.54 Å². The molecular formula is C13H17N5OS. The summed E-state index contributed by atoms with van der Waals surface area (Å²) in [7, 11) is 1.67. The van der Waals surface area contributed by atoms with Crippen LogP contribution in [0.15, 0.2) is 17.8 Å². The van der Waals surface area contributed by atoms with Crippen molar-refractivity contribution in [2.75, 3.05) is 44.7 Å². The molecule has 0 saturated carbocycles. The van der Waals surface area contributed by atoms with Crippen molar-refractivity contribution in [3.8, 4) is 0 Å². The Morgan fingerprint density at radius 3 is 2.90 bits per heavy atom. The second kappa shape index (κ2) is 5.72. The molecule has 1 N–H and O–H groups in total. The van der Waals surface area contributed by atoms with Gasteiger partial charge in [-0.3, -0.25) is 9.69 Å². The zero-order valence-electron chi connectivity index (χ0n) is 11.4. The molecule has 0 aromatic carbocycles. The molecule has 0 unspecified atom stereocenters. The van der Waals surface area contributed by atoms with Crippen molar-refractivity contribution >= 4 is 33.3 Å². The quantitative estimate of drug-likeness (QED) is 0.895. The summed E-state index contributed by atoms with van der Waals surface area (Å²) < 4.78 is 1.15. The third-order valence-electron chi connectivity index (χ3n) is 3.54. The molecule has 1 aliphatic heterocycles. The number of rotatable bonds is 3. The predicted molar refractivity (Wildman–Crippen MR) is 80.1 cm³/mol. The molecule has 0 spiro atoms. The summed E-state index contributed by atoms with van der Waals surface area (Å²) in [5.41, 5.74) is 1.01. The number of carbonyl (C=O) groups excluding carboxylic acids is 1. The van der Waals surface area contributed by atoms with E-state index >= 15 is 0 Å². The Balaban J connectivity index is 1.69. The Hall–Kier alpha value is -1.73. The first kappa shape index (κ1) is 13.3. The van der Waals surface area contributed by atoms with Crippen LogP contribution in [-0.2, 0) is 4.79 Å². The van der Waals surface area contributed by atoms with Crippen LogP contribution < -0.4 is 10.2 Å². The highest BCUT2D eigenvalue weighted by Crippen LogP contribution is 2.28. The van der Waals surface area contributed by atoms with E-state index in [2.05, 4.69) is 25.1 Å². The fraction of sp³-hybridized carbons (Fsp3) is 0.462. The van der Waals surface area contributed by atoms with Crippen LogP contribution >= 0.6 is 11.3 Å². The SMILES string of the molecule is CNC(=O)CN1CCN(c2ncnc3ccsc23)CC1. The number of thiophene rings is 1. The van der Waals surface area contributed by atoms with Gasteiger partial charge in [-0.1, -0.05) is 0 Å². The van der Waals surface area contributed by atoms with Crippen molar-refractivity contribution in [1.29, 1.82) is 0 Å². The molecule has 3 heterocycles. The van der Waals surface area contributed by atoms with Gasteiger partial charge in [-0.05, 0) is 11.4 Å². The van der Waals surface area contributed by atoms with Crippen LogP contribution in [0.2, 0.25) is 0 Å². The standard InChI is InChI=1S/C13H17N5OS/c1-14-11(19)8-17-3-5-18(6-4-17)13-12-10(2-7-20-12)15-9-16-13/h2,7,9H,3-6,8H2,1H3,(H,14,19). The van der Waals surface area contributed by atoms with Crippen molar-refractivity contribution < 1.29 is 4.79 Å². The first-order valence-electron chi connectivity index (χ1n) is 6.64. The number of fused-ring (bicyclic) bond motifs is 1. The average molecular weight is 291 g/mol. The van der Waals surface area contributed by atoms with Gasteiger partial charge in [-0.15, -0.1) is 11.3 Å². The summed E-state index contributed by atoms with van der Waals surface area (Å²) in [6.45, 7) is 4.01. The van der Waals surface area contributed by atoms with Crippen LogP contribution in [0.4, 0.5) is 5.82 Å². The van der Waals surface area contributed by atoms with E-state index in [1.165, 1.54) is 0 Å². The van der Waals surface area contributed by atoms with E-state index in [9.17, 15) is 4.79 Å². The Bertz CT molecular complexity index is 606. The lowest BCUT2D eigenvalue weighted by molar-refractivity contribution is -0.121. The first-order valence-corrected chi connectivity index (χ1v) is 7.52. The smallest absolute Gasteiger partial charge is 0.233 e. The molecule has 106 valence electrons. The molecule has 0 radical (unpaired) electrons. The summed E-state index contributed by atoms with van der Waals surface area (Å²) in [6, 6.07) is 2.02. The fourth-order valence-corrected chi connectivity index (χ4v) is 3.26. The molecule has 0 atom stereocenters. The van der Waals surface area contributed by atoms with Gasteiger partial charge >= 0.3 is 0 Å². The number of amides is 1. The predicted octanol–water partition coefficient (Wildman–Crippen LogP) is 0.559. The van der Waals surface area contributed by atoms with E-state index in [1.807, 2.05) is 11.4 Å². The number of piperazine rings is 1. The maximum Gasteiger partial charge on any atom is 0.233 e. The Morgan fingerprint density at radius 2 is 2.15 bits per heavy atom. The number of anilines is 1. The lowest BCUT2D eigenvalue weighted by Crippen LogP contribution is -2.49. The molecule has 1 amide bonds. The van der Waals surface area contributed by atoms with Crippen LogP contribution in [0.25, 0.3) is 10.2 Å². The molecule has 6 nitrogen and oxygen atoms in total. The molecule has 0 aliphatic carbocycles. The van der Waals surface area contributed by atoms with Crippen LogP contribution in [0.5, 0.6) is 0 Å². The molecule has 2 aromatic heterocycles. The zero-order valence-corrected chi connectivity index (χ0v) is 12.2. The van der Waals surface area contributed by atoms with E-state index in [-0.39, 0.29) is 5.91 Å². The molecule has 3 rings (SSSR count). The minimum atomic E-state index is 0.0705. The molecule has 1 fully saturated rings. The number of aromatic nitrogens is 2. The van der Waals surface area contributed by atoms with Gasteiger partial charge in [0.2, 0.25) is 5.91 Å². The van der Waals surface area contributed by atoms with Gasteiger partial charge in [-0.25, -0.2) is 9.97 Å². The Morgan fingerprint density at radius 1 is 1.35 bits per heavy atom. The normalized spacial score (nSPS) is 16.6. The maximum atomic E-state index is 11.4. The number of hydrogen-bond acceptors (Lipinski definition) is 6.